The van der Waals surface area contributed by atoms with Crippen LogP contribution < -0.4 is 0 Å². The third-order valence-corrected chi connectivity index (χ3v) is 2.84. The topological polar surface area (TPSA) is 43.4 Å². The molecule has 0 saturated heterocycles. The predicted octanol–water partition coefficient (Wildman–Crippen LogP) is 1.69. The molecule has 14 heavy (non-hydrogen) atoms. The van der Waals surface area contributed by atoms with Gasteiger partial charge in [0.2, 0.25) is 0 Å². The van der Waals surface area contributed by atoms with E-state index in [9.17, 15) is 12.8 Å². The minimum atomic E-state index is -3.52. The minimum absolute atomic E-state index is 0.115. The van der Waals surface area contributed by atoms with Gasteiger partial charge in [0, 0.05) is 0 Å². The molecule has 0 atom stereocenters. The normalized spacial score (nSPS) is 11.6. The Bertz CT molecular complexity index is 383. The van der Waals surface area contributed by atoms with Gasteiger partial charge in [-0.15, -0.1) is 0 Å². The molecule has 78 valence electrons. The first-order valence-corrected chi connectivity index (χ1v) is 5.73. The highest BCUT2D eigenvalue weighted by Crippen LogP contribution is 2.08. The lowest BCUT2D eigenvalue weighted by Crippen LogP contribution is -2.08. The van der Waals surface area contributed by atoms with Gasteiger partial charge < -0.3 is 0 Å². The zero-order chi connectivity index (χ0) is 10.6. The van der Waals surface area contributed by atoms with Gasteiger partial charge in [-0.05, 0) is 24.6 Å². The fourth-order valence-corrected chi connectivity index (χ4v) is 2.05. The average Bonchev–Trinajstić information content (AvgIpc) is 2.08. The Morgan fingerprint density at radius 1 is 1.29 bits per heavy atom. The van der Waals surface area contributed by atoms with E-state index in [1.165, 1.54) is 24.3 Å². The lowest BCUT2D eigenvalue weighted by Gasteiger charge is -2.02. The fourth-order valence-electron chi connectivity index (χ4n) is 1.01. The lowest BCUT2D eigenvalue weighted by atomic mass is 10.2. The molecule has 0 bridgehead atoms. The summed E-state index contributed by atoms with van der Waals surface area (Å²) >= 11 is 0. The molecule has 0 aliphatic rings. The van der Waals surface area contributed by atoms with Crippen LogP contribution in [0.25, 0.3) is 0 Å². The van der Waals surface area contributed by atoms with Gasteiger partial charge >= 0.3 is 0 Å². The van der Waals surface area contributed by atoms with Crippen molar-refractivity contribution in [3.05, 3.63) is 35.6 Å². The smallest absolute Gasteiger partial charge is 0.270 e. The van der Waals surface area contributed by atoms with Crippen molar-refractivity contribution in [1.82, 2.24) is 0 Å². The van der Waals surface area contributed by atoms with E-state index in [0.717, 1.165) is 0 Å². The van der Waals surface area contributed by atoms with Crippen LogP contribution in [0.15, 0.2) is 24.3 Å². The van der Waals surface area contributed by atoms with E-state index >= 15 is 0 Å². The molecule has 0 aromatic heterocycles. The summed E-state index contributed by atoms with van der Waals surface area (Å²) in [4.78, 5) is 0. The minimum Gasteiger partial charge on any atom is -0.270 e. The summed E-state index contributed by atoms with van der Waals surface area (Å²) in [6.07, 6.45) is 0. The monoisotopic (exact) mass is 218 g/mol. The first-order chi connectivity index (χ1) is 6.53. The molecule has 0 amide bonds. The first-order valence-electron chi connectivity index (χ1n) is 4.15. The van der Waals surface area contributed by atoms with Crippen LogP contribution in [0, 0.1) is 5.82 Å². The van der Waals surface area contributed by atoms with Gasteiger partial charge in [0.15, 0.2) is 0 Å². The highest BCUT2D eigenvalue weighted by molar-refractivity contribution is 7.85. The number of hydrogen-bond donors (Lipinski definition) is 0. The van der Waals surface area contributed by atoms with Gasteiger partial charge in [-0.2, -0.15) is 8.42 Å². The molecule has 0 spiro atoms. The van der Waals surface area contributed by atoms with Gasteiger partial charge in [0.1, 0.15) is 11.6 Å². The SMILES string of the molecule is CCOS(=O)(=O)Cc1ccc(F)cc1. The molecular formula is C9H11FO3S. The maximum Gasteiger partial charge on any atom is 0.271 e. The molecule has 0 saturated carbocycles. The number of rotatable bonds is 4. The van der Waals surface area contributed by atoms with Crippen LogP contribution in [0.2, 0.25) is 0 Å². The Morgan fingerprint density at radius 3 is 2.36 bits per heavy atom. The second-order valence-corrected chi connectivity index (χ2v) is 4.37. The van der Waals surface area contributed by atoms with E-state index in [-0.39, 0.29) is 18.2 Å². The second-order valence-electron chi connectivity index (χ2n) is 2.74. The molecule has 0 aliphatic carbocycles. The molecule has 1 aromatic carbocycles. The van der Waals surface area contributed by atoms with Crippen molar-refractivity contribution in [2.45, 2.75) is 12.7 Å². The fraction of sp³-hybridized carbons (Fsp3) is 0.333. The molecule has 0 aliphatic heterocycles. The molecule has 0 N–H and O–H groups in total. The number of halogens is 1. The van der Waals surface area contributed by atoms with Gasteiger partial charge in [0.05, 0.1) is 6.61 Å². The van der Waals surface area contributed by atoms with Crippen molar-refractivity contribution in [3.63, 3.8) is 0 Å². The zero-order valence-corrected chi connectivity index (χ0v) is 8.55. The highest BCUT2D eigenvalue weighted by atomic mass is 32.2. The van der Waals surface area contributed by atoms with Gasteiger partial charge in [-0.25, -0.2) is 4.39 Å². The third kappa shape index (κ3) is 3.43. The third-order valence-electron chi connectivity index (χ3n) is 1.55. The van der Waals surface area contributed by atoms with Crippen LogP contribution in [0.4, 0.5) is 4.39 Å². The van der Waals surface area contributed by atoms with Crippen molar-refractivity contribution in [3.8, 4) is 0 Å². The van der Waals surface area contributed by atoms with Crippen molar-refractivity contribution in [1.29, 1.82) is 0 Å². The number of hydrogen-bond acceptors (Lipinski definition) is 3. The second kappa shape index (κ2) is 4.52. The van der Waals surface area contributed by atoms with Crippen molar-refractivity contribution >= 4 is 10.1 Å². The van der Waals surface area contributed by atoms with Gasteiger partial charge in [-0.1, -0.05) is 12.1 Å². The summed E-state index contributed by atoms with van der Waals surface area (Å²) in [5, 5.41) is 0. The number of benzene rings is 1. The Hall–Kier alpha value is -0.940. The average molecular weight is 218 g/mol. The lowest BCUT2D eigenvalue weighted by molar-refractivity contribution is 0.337. The van der Waals surface area contributed by atoms with Crippen LogP contribution in [0.1, 0.15) is 12.5 Å². The van der Waals surface area contributed by atoms with Crippen LogP contribution >= 0.6 is 0 Å². The van der Waals surface area contributed by atoms with Crippen molar-refractivity contribution in [2.75, 3.05) is 6.61 Å². The van der Waals surface area contributed by atoms with Crippen LogP contribution in [-0.2, 0) is 20.1 Å². The predicted molar refractivity (Wildman–Crippen MR) is 50.6 cm³/mol. The Kier molecular flexibility index (Phi) is 3.60. The summed E-state index contributed by atoms with van der Waals surface area (Å²) in [5.41, 5.74) is 0.514. The van der Waals surface area contributed by atoms with Crippen LogP contribution in [0.5, 0.6) is 0 Å². The quantitative estimate of drug-likeness (QED) is 0.722. The highest BCUT2D eigenvalue weighted by Gasteiger charge is 2.10. The van der Waals surface area contributed by atoms with Crippen LogP contribution in [-0.4, -0.2) is 15.0 Å². The Labute approximate surface area is 82.6 Å². The van der Waals surface area contributed by atoms with E-state index in [0.29, 0.717) is 5.56 Å². The summed E-state index contributed by atoms with van der Waals surface area (Å²) in [7, 11) is -3.52. The summed E-state index contributed by atoms with van der Waals surface area (Å²) in [5.74, 6) is -0.608. The van der Waals surface area contributed by atoms with E-state index in [2.05, 4.69) is 4.18 Å². The summed E-state index contributed by atoms with van der Waals surface area (Å²) in [6, 6.07) is 5.28. The van der Waals surface area contributed by atoms with Crippen molar-refractivity contribution < 1.29 is 17.0 Å². The first kappa shape index (κ1) is 11.1. The standard InChI is InChI=1S/C9H11FO3S/c1-2-13-14(11,12)7-8-3-5-9(10)6-4-8/h3-6H,2,7H2,1H3. The molecule has 0 radical (unpaired) electrons. The van der Waals surface area contributed by atoms with E-state index in [1.54, 1.807) is 6.92 Å². The molecule has 0 unspecified atom stereocenters. The summed E-state index contributed by atoms with van der Waals surface area (Å²) < 4.78 is 39.4. The molecular weight excluding hydrogens is 207 g/mol. The summed E-state index contributed by atoms with van der Waals surface area (Å²) in [6.45, 7) is 1.71. The van der Waals surface area contributed by atoms with E-state index in [1.807, 2.05) is 0 Å². The maximum atomic E-state index is 12.5. The van der Waals surface area contributed by atoms with Crippen LogP contribution in [0.3, 0.4) is 0 Å². The molecule has 0 fully saturated rings. The molecule has 5 heteroatoms. The molecule has 1 rings (SSSR count). The molecule has 0 heterocycles. The Balaban J connectivity index is 2.74. The van der Waals surface area contributed by atoms with Gasteiger partial charge in [-0.3, -0.25) is 4.18 Å². The largest absolute Gasteiger partial charge is 0.271 e. The van der Waals surface area contributed by atoms with Gasteiger partial charge in [0.25, 0.3) is 10.1 Å². The van der Waals surface area contributed by atoms with E-state index < -0.39 is 10.1 Å². The van der Waals surface area contributed by atoms with Crippen molar-refractivity contribution in [2.24, 2.45) is 0 Å². The maximum absolute atomic E-state index is 12.5. The molecule has 3 nitrogen and oxygen atoms in total. The Morgan fingerprint density at radius 2 is 1.86 bits per heavy atom. The zero-order valence-electron chi connectivity index (χ0n) is 7.73. The molecule has 1 aromatic rings. The van der Waals surface area contributed by atoms with E-state index in [4.69, 9.17) is 0 Å².